The Labute approximate surface area is 131 Å². The second kappa shape index (κ2) is 6.69. The number of pyridine rings is 1. The number of nitrogens with zero attached hydrogens (tertiary/aromatic N) is 3. The number of aromatic nitrogens is 3. The van der Waals surface area contributed by atoms with Crippen molar-refractivity contribution in [2.24, 2.45) is 0 Å². The van der Waals surface area contributed by atoms with E-state index < -0.39 is 0 Å². The summed E-state index contributed by atoms with van der Waals surface area (Å²) in [5.74, 6) is 0.528. The van der Waals surface area contributed by atoms with E-state index in [1.165, 1.54) is 12.1 Å². The molecule has 7 heteroatoms. The lowest BCUT2D eigenvalue weighted by Gasteiger charge is -2.05. The smallest absolute Gasteiger partial charge is 0.247 e. The lowest BCUT2D eigenvalue weighted by molar-refractivity contribution is -0.121. The molecule has 1 N–H and O–H groups in total. The highest BCUT2D eigenvalue weighted by Gasteiger charge is 2.09. The Hall–Kier alpha value is -3.22. The summed E-state index contributed by atoms with van der Waals surface area (Å²) in [7, 11) is 0. The molecule has 0 saturated carbocycles. The third-order valence-corrected chi connectivity index (χ3v) is 3.11. The fourth-order valence-corrected chi connectivity index (χ4v) is 1.97. The Balaban J connectivity index is 1.56. The molecule has 0 bridgehead atoms. The SMILES string of the molecule is O=C(Cn1ccc(=O)cc1)NCc1nnc(-c2ccccc2)o1. The molecule has 7 nitrogen and oxygen atoms in total. The standard InChI is InChI=1S/C16H14N4O3/c21-13-6-8-20(9-7-13)11-14(22)17-10-15-18-19-16(23-15)12-4-2-1-3-5-12/h1-9H,10-11H2,(H,17,22). The van der Waals surface area contributed by atoms with Crippen LogP contribution in [-0.4, -0.2) is 20.7 Å². The molecule has 1 aromatic carbocycles. The van der Waals surface area contributed by atoms with Gasteiger partial charge in [0.15, 0.2) is 5.43 Å². The monoisotopic (exact) mass is 310 g/mol. The fraction of sp³-hybridized carbons (Fsp3) is 0.125. The van der Waals surface area contributed by atoms with Gasteiger partial charge in [-0.15, -0.1) is 10.2 Å². The van der Waals surface area contributed by atoms with Crippen LogP contribution in [0.25, 0.3) is 11.5 Å². The van der Waals surface area contributed by atoms with Gasteiger partial charge in [0.2, 0.25) is 17.7 Å². The summed E-state index contributed by atoms with van der Waals surface area (Å²) in [5, 5.41) is 10.5. The largest absolute Gasteiger partial charge is 0.419 e. The Kier molecular flexibility index (Phi) is 4.28. The third kappa shape index (κ3) is 3.91. The number of nitrogens with one attached hydrogen (secondary N) is 1. The first-order chi connectivity index (χ1) is 11.2. The first-order valence-electron chi connectivity index (χ1n) is 7.01. The number of carbonyl (C=O) groups excluding carboxylic acids is 1. The number of carbonyl (C=O) groups is 1. The topological polar surface area (TPSA) is 90.0 Å². The number of rotatable bonds is 5. The zero-order valence-corrected chi connectivity index (χ0v) is 12.2. The van der Waals surface area contributed by atoms with Crippen molar-refractivity contribution in [3.8, 4) is 11.5 Å². The van der Waals surface area contributed by atoms with Gasteiger partial charge in [-0.1, -0.05) is 18.2 Å². The summed E-state index contributed by atoms with van der Waals surface area (Å²) in [6.45, 7) is 0.263. The summed E-state index contributed by atoms with van der Waals surface area (Å²) in [5.41, 5.74) is 0.729. The van der Waals surface area contributed by atoms with Gasteiger partial charge < -0.3 is 14.3 Å². The molecule has 3 rings (SSSR count). The lowest BCUT2D eigenvalue weighted by Crippen LogP contribution is -2.27. The van der Waals surface area contributed by atoms with E-state index in [2.05, 4.69) is 15.5 Å². The van der Waals surface area contributed by atoms with Crippen LogP contribution in [0.2, 0.25) is 0 Å². The number of hydrogen-bond donors (Lipinski definition) is 1. The molecule has 0 fully saturated rings. The molecule has 0 spiro atoms. The van der Waals surface area contributed by atoms with Gasteiger partial charge in [0.05, 0.1) is 6.54 Å². The molecule has 0 aliphatic rings. The Morgan fingerprint density at radius 3 is 2.57 bits per heavy atom. The van der Waals surface area contributed by atoms with Crippen LogP contribution in [0.3, 0.4) is 0 Å². The number of benzene rings is 1. The Bertz CT molecular complexity index is 835. The van der Waals surface area contributed by atoms with Crippen LogP contribution in [0.5, 0.6) is 0 Å². The summed E-state index contributed by atoms with van der Waals surface area (Å²) in [4.78, 5) is 22.8. The van der Waals surface area contributed by atoms with Crippen molar-refractivity contribution in [3.05, 3.63) is 71.0 Å². The van der Waals surface area contributed by atoms with Crippen molar-refractivity contribution in [2.45, 2.75) is 13.1 Å². The quantitative estimate of drug-likeness (QED) is 0.765. The third-order valence-electron chi connectivity index (χ3n) is 3.11. The van der Waals surface area contributed by atoms with Crippen molar-refractivity contribution >= 4 is 5.91 Å². The molecule has 23 heavy (non-hydrogen) atoms. The number of amides is 1. The van der Waals surface area contributed by atoms with E-state index in [0.29, 0.717) is 11.8 Å². The number of hydrogen-bond acceptors (Lipinski definition) is 5. The van der Waals surface area contributed by atoms with Gasteiger partial charge in [-0.05, 0) is 12.1 Å². The van der Waals surface area contributed by atoms with Crippen molar-refractivity contribution in [1.29, 1.82) is 0 Å². The minimum atomic E-state index is -0.215. The minimum Gasteiger partial charge on any atom is -0.419 e. The fourth-order valence-electron chi connectivity index (χ4n) is 1.97. The van der Waals surface area contributed by atoms with Gasteiger partial charge >= 0.3 is 0 Å². The maximum atomic E-state index is 11.8. The predicted octanol–water partition coefficient (Wildman–Crippen LogP) is 1.21. The van der Waals surface area contributed by atoms with E-state index in [0.717, 1.165) is 5.56 Å². The first kappa shape index (κ1) is 14.7. The van der Waals surface area contributed by atoms with Crippen LogP contribution in [0.4, 0.5) is 0 Å². The van der Waals surface area contributed by atoms with E-state index >= 15 is 0 Å². The van der Waals surface area contributed by atoms with Crippen molar-refractivity contribution < 1.29 is 9.21 Å². The maximum absolute atomic E-state index is 11.8. The highest BCUT2D eigenvalue weighted by Crippen LogP contribution is 2.16. The van der Waals surface area contributed by atoms with Crippen LogP contribution in [-0.2, 0) is 17.9 Å². The molecule has 0 aliphatic carbocycles. The van der Waals surface area contributed by atoms with Crippen LogP contribution >= 0.6 is 0 Å². The van der Waals surface area contributed by atoms with Crippen molar-refractivity contribution in [1.82, 2.24) is 20.1 Å². The molecule has 116 valence electrons. The molecule has 0 radical (unpaired) electrons. The highest BCUT2D eigenvalue weighted by molar-refractivity contribution is 5.75. The van der Waals surface area contributed by atoms with Crippen LogP contribution in [0.15, 0.2) is 64.1 Å². The van der Waals surface area contributed by atoms with E-state index in [9.17, 15) is 9.59 Å². The summed E-state index contributed by atoms with van der Waals surface area (Å²) in [6, 6.07) is 12.2. The van der Waals surface area contributed by atoms with Gasteiger partial charge in [-0.3, -0.25) is 9.59 Å². The maximum Gasteiger partial charge on any atom is 0.247 e. The van der Waals surface area contributed by atoms with Gasteiger partial charge in [0, 0.05) is 30.1 Å². The normalized spacial score (nSPS) is 10.4. The minimum absolute atomic E-state index is 0.0963. The van der Waals surface area contributed by atoms with E-state index in [4.69, 9.17) is 4.42 Å². The highest BCUT2D eigenvalue weighted by atomic mass is 16.4. The first-order valence-corrected chi connectivity index (χ1v) is 7.01. The molecule has 3 aromatic rings. The van der Waals surface area contributed by atoms with Crippen molar-refractivity contribution in [3.63, 3.8) is 0 Å². The van der Waals surface area contributed by atoms with Gasteiger partial charge in [0.1, 0.15) is 6.54 Å². The molecule has 2 heterocycles. The Morgan fingerprint density at radius 1 is 1.09 bits per heavy atom. The lowest BCUT2D eigenvalue weighted by atomic mass is 10.2. The molecular formula is C16H14N4O3. The second-order valence-electron chi connectivity index (χ2n) is 4.85. The Morgan fingerprint density at radius 2 is 1.83 bits per heavy atom. The van der Waals surface area contributed by atoms with Gasteiger partial charge in [0.25, 0.3) is 0 Å². The molecule has 2 aromatic heterocycles. The van der Waals surface area contributed by atoms with Crippen LogP contribution in [0.1, 0.15) is 5.89 Å². The molecular weight excluding hydrogens is 296 g/mol. The average Bonchev–Trinajstić information content (AvgIpc) is 3.05. The molecule has 0 saturated heterocycles. The van der Waals surface area contributed by atoms with Gasteiger partial charge in [-0.2, -0.15) is 0 Å². The molecule has 0 aliphatic heterocycles. The predicted molar refractivity (Wildman–Crippen MR) is 82.3 cm³/mol. The van der Waals surface area contributed by atoms with Crippen LogP contribution in [0, 0.1) is 0 Å². The zero-order chi connectivity index (χ0) is 16.1. The molecule has 1 amide bonds. The summed E-state index contributed by atoms with van der Waals surface area (Å²) in [6.07, 6.45) is 3.12. The summed E-state index contributed by atoms with van der Waals surface area (Å²) >= 11 is 0. The molecule has 0 atom stereocenters. The van der Waals surface area contributed by atoms with E-state index in [1.807, 2.05) is 30.3 Å². The van der Waals surface area contributed by atoms with Gasteiger partial charge in [-0.25, -0.2) is 0 Å². The van der Waals surface area contributed by atoms with Crippen LogP contribution < -0.4 is 10.7 Å². The van der Waals surface area contributed by atoms with E-state index in [1.54, 1.807) is 17.0 Å². The van der Waals surface area contributed by atoms with E-state index in [-0.39, 0.29) is 24.4 Å². The zero-order valence-electron chi connectivity index (χ0n) is 12.2. The average molecular weight is 310 g/mol. The summed E-state index contributed by atoms with van der Waals surface area (Å²) < 4.78 is 7.11. The van der Waals surface area contributed by atoms with Crippen molar-refractivity contribution in [2.75, 3.05) is 0 Å². The molecule has 0 unspecified atom stereocenters. The second-order valence-corrected chi connectivity index (χ2v) is 4.85.